The SMILES string of the molecule is C=C(/C(=C(/C)N(C)C)C(C)C)C(C)C. The summed E-state index contributed by atoms with van der Waals surface area (Å²) >= 11 is 0. The highest BCUT2D eigenvalue weighted by Gasteiger charge is 2.14. The molecule has 0 bridgehead atoms. The third kappa shape index (κ3) is 3.21. The lowest BCUT2D eigenvalue weighted by molar-refractivity contribution is 0.494. The van der Waals surface area contributed by atoms with Crippen LogP contribution in [0, 0.1) is 11.8 Å². The van der Waals surface area contributed by atoms with Gasteiger partial charge in [-0.2, -0.15) is 0 Å². The molecule has 0 aromatic heterocycles. The molecular formula is C13H25N. The van der Waals surface area contributed by atoms with Gasteiger partial charge in [-0.05, 0) is 29.9 Å². The fourth-order valence-electron chi connectivity index (χ4n) is 1.57. The van der Waals surface area contributed by atoms with E-state index in [9.17, 15) is 0 Å². The minimum atomic E-state index is 0.530. The lowest BCUT2D eigenvalue weighted by atomic mass is 9.88. The van der Waals surface area contributed by atoms with Crippen molar-refractivity contribution in [3.8, 4) is 0 Å². The highest BCUT2D eigenvalue weighted by Crippen LogP contribution is 2.27. The number of allylic oxidation sites excluding steroid dienone is 3. The first-order chi connectivity index (χ1) is 6.29. The summed E-state index contributed by atoms with van der Waals surface area (Å²) in [6, 6.07) is 0. The van der Waals surface area contributed by atoms with Gasteiger partial charge in [-0.1, -0.05) is 34.3 Å². The van der Waals surface area contributed by atoms with E-state index in [0.717, 1.165) is 0 Å². The Balaban J connectivity index is 5.15. The van der Waals surface area contributed by atoms with Crippen LogP contribution in [0.1, 0.15) is 34.6 Å². The predicted molar refractivity (Wildman–Crippen MR) is 65.2 cm³/mol. The van der Waals surface area contributed by atoms with E-state index in [1.807, 2.05) is 0 Å². The lowest BCUT2D eigenvalue weighted by Crippen LogP contribution is -2.15. The van der Waals surface area contributed by atoms with Gasteiger partial charge in [0.25, 0.3) is 0 Å². The molecule has 0 atom stereocenters. The van der Waals surface area contributed by atoms with Gasteiger partial charge in [0, 0.05) is 19.8 Å². The molecule has 0 aliphatic heterocycles. The minimum absolute atomic E-state index is 0.530. The van der Waals surface area contributed by atoms with Crippen molar-refractivity contribution in [3.05, 3.63) is 23.4 Å². The molecule has 0 aliphatic rings. The van der Waals surface area contributed by atoms with E-state index < -0.39 is 0 Å². The van der Waals surface area contributed by atoms with Crippen molar-refractivity contribution < 1.29 is 0 Å². The van der Waals surface area contributed by atoms with Crippen molar-refractivity contribution in [1.82, 2.24) is 4.90 Å². The molecule has 14 heavy (non-hydrogen) atoms. The second-order valence-electron chi connectivity index (χ2n) is 4.73. The fourth-order valence-corrected chi connectivity index (χ4v) is 1.57. The van der Waals surface area contributed by atoms with Crippen LogP contribution in [0.3, 0.4) is 0 Å². The van der Waals surface area contributed by atoms with Crippen LogP contribution in [0.25, 0.3) is 0 Å². The zero-order valence-corrected chi connectivity index (χ0v) is 10.8. The Labute approximate surface area is 89.5 Å². The standard InChI is InChI=1S/C13H25N/c1-9(2)11(5)13(10(3)4)12(6)14(7)8/h9-10H,5H2,1-4,6-8H3/b13-12-. The summed E-state index contributed by atoms with van der Waals surface area (Å²) in [5.41, 5.74) is 4.01. The summed E-state index contributed by atoms with van der Waals surface area (Å²) in [6.07, 6.45) is 0. The van der Waals surface area contributed by atoms with Gasteiger partial charge in [0.05, 0.1) is 0 Å². The summed E-state index contributed by atoms with van der Waals surface area (Å²) in [7, 11) is 4.18. The molecule has 0 saturated carbocycles. The van der Waals surface area contributed by atoms with Crippen molar-refractivity contribution in [2.45, 2.75) is 34.6 Å². The summed E-state index contributed by atoms with van der Waals surface area (Å²) < 4.78 is 0. The molecule has 0 aromatic rings. The molecular weight excluding hydrogens is 170 g/mol. The number of rotatable bonds is 4. The Morgan fingerprint density at radius 2 is 1.43 bits per heavy atom. The average Bonchev–Trinajstić information content (AvgIpc) is 2.03. The molecule has 0 amide bonds. The van der Waals surface area contributed by atoms with Crippen LogP contribution in [-0.4, -0.2) is 19.0 Å². The van der Waals surface area contributed by atoms with Crippen molar-refractivity contribution in [1.29, 1.82) is 0 Å². The number of nitrogens with zero attached hydrogens (tertiary/aromatic N) is 1. The van der Waals surface area contributed by atoms with Crippen molar-refractivity contribution in [3.63, 3.8) is 0 Å². The Morgan fingerprint density at radius 1 is 1.00 bits per heavy atom. The topological polar surface area (TPSA) is 3.24 Å². The molecule has 0 rings (SSSR count). The van der Waals surface area contributed by atoms with Crippen molar-refractivity contribution in [2.75, 3.05) is 14.1 Å². The van der Waals surface area contributed by atoms with Crippen molar-refractivity contribution >= 4 is 0 Å². The van der Waals surface area contributed by atoms with E-state index in [1.165, 1.54) is 16.8 Å². The summed E-state index contributed by atoms with van der Waals surface area (Å²) in [5, 5.41) is 0. The van der Waals surface area contributed by atoms with Gasteiger partial charge in [0.15, 0.2) is 0 Å². The third-order valence-corrected chi connectivity index (χ3v) is 2.68. The molecule has 1 nitrogen and oxygen atoms in total. The largest absolute Gasteiger partial charge is 0.381 e. The monoisotopic (exact) mass is 195 g/mol. The molecule has 0 spiro atoms. The van der Waals surface area contributed by atoms with E-state index >= 15 is 0 Å². The maximum atomic E-state index is 4.19. The molecule has 82 valence electrons. The Bertz CT molecular complexity index is 232. The summed E-state index contributed by atoms with van der Waals surface area (Å²) in [5.74, 6) is 1.08. The Hall–Kier alpha value is -0.720. The van der Waals surface area contributed by atoms with E-state index in [1.54, 1.807) is 0 Å². The number of hydrogen-bond acceptors (Lipinski definition) is 1. The van der Waals surface area contributed by atoms with Gasteiger partial charge >= 0.3 is 0 Å². The highest BCUT2D eigenvalue weighted by atomic mass is 15.1. The molecule has 0 N–H and O–H groups in total. The van der Waals surface area contributed by atoms with Crippen LogP contribution >= 0.6 is 0 Å². The second kappa shape index (κ2) is 5.23. The first-order valence-electron chi connectivity index (χ1n) is 5.36. The van der Waals surface area contributed by atoms with Crippen LogP contribution in [-0.2, 0) is 0 Å². The average molecular weight is 195 g/mol. The van der Waals surface area contributed by atoms with E-state index in [-0.39, 0.29) is 0 Å². The first-order valence-corrected chi connectivity index (χ1v) is 5.36. The van der Waals surface area contributed by atoms with Crippen LogP contribution in [0.2, 0.25) is 0 Å². The summed E-state index contributed by atoms with van der Waals surface area (Å²) in [6.45, 7) is 15.2. The molecule has 0 unspecified atom stereocenters. The zero-order valence-electron chi connectivity index (χ0n) is 10.8. The third-order valence-electron chi connectivity index (χ3n) is 2.68. The quantitative estimate of drug-likeness (QED) is 0.618. The normalized spacial score (nSPS) is 13.2. The molecule has 0 saturated heterocycles. The van der Waals surface area contributed by atoms with E-state index in [2.05, 4.69) is 60.2 Å². The summed E-state index contributed by atoms with van der Waals surface area (Å²) in [4.78, 5) is 2.17. The lowest BCUT2D eigenvalue weighted by Gasteiger charge is -2.25. The predicted octanol–water partition coefficient (Wildman–Crippen LogP) is 3.69. The van der Waals surface area contributed by atoms with E-state index in [0.29, 0.717) is 11.8 Å². The Morgan fingerprint density at radius 3 is 1.64 bits per heavy atom. The van der Waals surface area contributed by atoms with Gasteiger partial charge in [0.1, 0.15) is 0 Å². The van der Waals surface area contributed by atoms with Crippen LogP contribution in [0.4, 0.5) is 0 Å². The van der Waals surface area contributed by atoms with Crippen LogP contribution in [0.5, 0.6) is 0 Å². The van der Waals surface area contributed by atoms with Gasteiger partial charge in [-0.3, -0.25) is 0 Å². The first kappa shape index (κ1) is 13.3. The maximum absolute atomic E-state index is 4.19. The van der Waals surface area contributed by atoms with Gasteiger partial charge in [-0.15, -0.1) is 0 Å². The molecule has 1 heteroatoms. The van der Waals surface area contributed by atoms with Gasteiger partial charge < -0.3 is 4.90 Å². The smallest absolute Gasteiger partial charge is 0.0134 e. The fraction of sp³-hybridized carbons (Fsp3) is 0.692. The van der Waals surface area contributed by atoms with E-state index in [4.69, 9.17) is 0 Å². The number of hydrogen-bond donors (Lipinski definition) is 0. The maximum Gasteiger partial charge on any atom is 0.0134 e. The minimum Gasteiger partial charge on any atom is -0.381 e. The van der Waals surface area contributed by atoms with Crippen LogP contribution < -0.4 is 0 Å². The second-order valence-corrected chi connectivity index (χ2v) is 4.73. The molecule has 0 heterocycles. The molecule has 0 radical (unpaired) electrons. The van der Waals surface area contributed by atoms with Gasteiger partial charge in [-0.25, -0.2) is 0 Å². The van der Waals surface area contributed by atoms with Gasteiger partial charge in [0.2, 0.25) is 0 Å². The molecule has 0 aromatic carbocycles. The highest BCUT2D eigenvalue weighted by molar-refractivity contribution is 5.34. The Kier molecular flexibility index (Phi) is 4.96. The van der Waals surface area contributed by atoms with Crippen LogP contribution in [0.15, 0.2) is 23.4 Å². The van der Waals surface area contributed by atoms with Crippen molar-refractivity contribution in [2.24, 2.45) is 11.8 Å². The molecule has 0 fully saturated rings. The molecule has 0 aliphatic carbocycles. The zero-order chi connectivity index (χ0) is 11.5.